The van der Waals surface area contributed by atoms with Gasteiger partial charge in [-0.25, -0.2) is 8.42 Å². The topological polar surface area (TPSA) is 64.0 Å². The maximum absolute atomic E-state index is 12.1. The number of benzene rings is 1. The van der Waals surface area contributed by atoms with Crippen molar-refractivity contribution in [3.63, 3.8) is 0 Å². The third-order valence-electron chi connectivity index (χ3n) is 2.42. The van der Waals surface area contributed by atoms with Crippen molar-refractivity contribution in [3.05, 3.63) is 40.1 Å². The lowest BCUT2D eigenvalue weighted by molar-refractivity contribution is 0.600. The van der Waals surface area contributed by atoms with Crippen LogP contribution in [0.2, 0.25) is 5.02 Å². The Labute approximate surface area is 124 Å². The van der Waals surface area contributed by atoms with Crippen LogP contribution >= 0.6 is 27.5 Å². The third-order valence-corrected chi connectivity index (χ3v) is 4.98. The summed E-state index contributed by atoms with van der Waals surface area (Å²) in [6.45, 7) is 2.49. The van der Waals surface area contributed by atoms with Gasteiger partial charge >= 0.3 is 0 Å². The normalized spacial score (nSPS) is 11.5. The highest BCUT2D eigenvalue weighted by molar-refractivity contribution is 9.10. The molecule has 8 heteroatoms. The molecule has 1 N–H and O–H groups in total. The number of anilines is 1. The van der Waals surface area contributed by atoms with Crippen LogP contribution in [0.25, 0.3) is 0 Å². The fraction of sp³-hybridized carbons (Fsp3) is 0.182. The third kappa shape index (κ3) is 3.29. The van der Waals surface area contributed by atoms with Crippen molar-refractivity contribution in [2.75, 3.05) is 4.72 Å². The molecule has 19 heavy (non-hydrogen) atoms. The highest BCUT2D eigenvalue weighted by Gasteiger charge is 2.16. The minimum atomic E-state index is -3.64. The van der Waals surface area contributed by atoms with Gasteiger partial charge in [-0.3, -0.25) is 9.40 Å². The van der Waals surface area contributed by atoms with Crippen LogP contribution in [-0.4, -0.2) is 18.2 Å². The van der Waals surface area contributed by atoms with E-state index in [-0.39, 0.29) is 4.90 Å². The van der Waals surface area contributed by atoms with Crippen LogP contribution < -0.4 is 4.72 Å². The predicted octanol–water partition coefficient (Wildman–Crippen LogP) is 3.12. The zero-order valence-electron chi connectivity index (χ0n) is 9.97. The summed E-state index contributed by atoms with van der Waals surface area (Å²) in [5, 5.41) is 4.37. The van der Waals surface area contributed by atoms with Crippen molar-refractivity contribution in [2.24, 2.45) is 0 Å². The molecule has 0 aliphatic rings. The molecule has 0 spiro atoms. The number of nitrogens with one attached hydrogen (secondary N) is 1. The van der Waals surface area contributed by atoms with E-state index in [1.54, 1.807) is 16.8 Å². The van der Waals surface area contributed by atoms with E-state index in [1.807, 2.05) is 6.92 Å². The quantitative estimate of drug-likeness (QED) is 0.906. The van der Waals surface area contributed by atoms with Crippen LogP contribution in [-0.2, 0) is 16.6 Å². The molecule has 0 bridgehead atoms. The van der Waals surface area contributed by atoms with Gasteiger partial charge in [0.2, 0.25) is 0 Å². The summed E-state index contributed by atoms with van der Waals surface area (Å²) in [5.41, 5.74) is 0.400. The Balaban J connectivity index is 2.28. The minimum Gasteiger partial charge on any atom is -0.279 e. The molecule has 0 atom stereocenters. The van der Waals surface area contributed by atoms with Gasteiger partial charge in [-0.15, -0.1) is 0 Å². The molecule has 1 aromatic carbocycles. The van der Waals surface area contributed by atoms with Gasteiger partial charge in [0.1, 0.15) is 4.90 Å². The van der Waals surface area contributed by atoms with E-state index >= 15 is 0 Å². The molecule has 0 radical (unpaired) electrons. The molecule has 0 amide bonds. The predicted molar refractivity (Wildman–Crippen MR) is 77.9 cm³/mol. The Hall–Kier alpha value is -1.05. The summed E-state index contributed by atoms with van der Waals surface area (Å²) >= 11 is 9.16. The minimum absolute atomic E-state index is 0.119. The number of aromatic nitrogens is 2. The highest BCUT2D eigenvalue weighted by atomic mass is 79.9. The molecule has 2 rings (SSSR count). The summed E-state index contributed by atoms with van der Waals surface area (Å²) in [7, 11) is -3.64. The van der Waals surface area contributed by atoms with Crippen molar-refractivity contribution < 1.29 is 8.42 Å². The molecule has 0 unspecified atom stereocenters. The first-order valence-corrected chi connectivity index (χ1v) is 8.08. The van der Waals surface area contributed by atoms with Crippen LogP contribution in [0.4, 0.5) is 5.69 Å². The van der Waals surface area contributed by atoms with Crippen molar-refractivity contribution >= 4 is 43.2 Å². The van der Waals surface area contributed by atoms with Gasteiger partial charge in [-0.2, -0.15) is 5.10 Å². The van der Waals surface area contributed by atoms with Gasteiger partial charge in [0, 0.05) is 17.2 Å². The zero-order chi connectivity index (χ0) is 14.0. The molecule has 2 aromatic rings. The molecule has 0 fully saturated rings. The molecule has 0 saturated carbocycles. The molecular formula is C11H11BrClN3O2S. The van der Waals surface area contributed by atoms with E-state index in [1.165, 1.54) is 18.5 Å². The number of hydrogen-bond donors (Lipinski definition) is 1. The Kier molecular flexibility index (Phi) is 4.17. The lowest BCUT2D eigenvalue weighted by Gasteiger charge is -2.07. The number of hydrogen-bond acceptors (Lipinski definition) is 3. The number of aryl methyl sites for hydroxylation is 1. The second-order valence-corrected chi connectivity index (χ2v) is 6.71. The summed E-state index contributed by atoms with van der Waals surface area (Å²) < 4.78 is 28.9. The van der Waals surface area contributed by atoms with Crippen molar-refractivity contribution in [3.8, 4) is 0 Å². The first kappa shape index (κ1) is 14.4. The van der Waals surface area contributed by atoms with E-state index in [4.69, 9.17) is 11.6 Å². The number of halogens is 2. The molecule has 0 aliphatic carbocycles. The van der Waals surface area contributed by atoms with Gasteiger partial charge in [-0.05, 0) is 41.1 Å². The Bertz CT molecular complexity index is 700. The molecular weight excluding hydrogens is 354 g/mol. The summed E-state index contributed by atoms with van der Waals surface area (Å²) in [6, 6.07) is 4.83. The largest absolute Gasteiger partial charge is 0.279 e. The van der Waals surface area contributed by atoms with Crippen LogP contribution in [0.5, 0.6) is 0 Å². The maximum Gasteiger partial charge on any atom is 0.265 e. The lowest BCUT2D eigenvalue weighted by atomic mass is 10.3. The number of sulfonamides is 1. The Morgan fingerprint density at radius 2 is 2.21 bits per heavy atom. The van der Waals surface area contributed by atoms with Gasteiger partial charge in [0.15, 0.2) is 0 Å². The number of rotatable bonds is 4. The first-order valence-electron chi connectivity index (χ1n) is 5.42. The SMILES string of the molecule is CCn1cc(S(=O)(=O)Nc2ccc(Br)c(Cl)c2)cn1. The summed E-state index contributed by atoms with van der Waals surface area (Å²) in [6.07, 6.45) is 2.79. The average Bonchev–Trinajstić information content (AvgIpc) is 2.83. The first-order chi connectivity index (χ1) is 8.92. The fourth-order valence-corrected chi connectivity index (χ4v) is 2.86. The van der Waals surface area contributed by atoms with E-state index in [0.29, 0.717) is 21.7 Å². The van der Waals surface area contributed by atoms with E-state index < -0.39 is 10.0 Å². The second kappa shape index (κ2) is 5.52. The molecule has 1 aromatic heterocycles. The second-order valence-electron chi connectivity index (χ2n) is 3.77. The van der Waals surface area contributed by atoms with Crippen LogP contribution in [0.15, 0.2) is 40.0 Å². The Morgan fingerprint density at radius 3 is 2.79 bits per heavy atom. The zero-order valence-corrected chi connectivity index (χ0v) is 13.1. The summed E-state index contributed by atoms with van der Waals surface area (Å²) in [4.78, 5) is 0.119. The molecule has 102 valence electrons. The molecule has 0 aliphatic heterocycles. The van der Waals surface area contributed by atoms with Crippen LogP contribution in [0, 0.1) is 0 Å². The van der Waals surface area contributed by atoms with Crippen LogP contribution in [0.3, 0.4) is 0 Å². The van der Waals surface area contributed by atoms with Crippen LogP contribution in [0.1, 0.15) is 6.92 Å². The Morgan fingerprint density at radius 1 is 1.47 bits per heavy atom. The van der Waals surface area contributed by atoms with E-state index in [2.05, 4.69) is 25.8 Å². The van der Waals surface area contributed by atoms with E-state index in [9.17, 15) is 8.42 Å². The average molecular weight is 365 g/mol. The highest BCUT2D eigenvalue weighted by Crippen LogP contribution is 2.26. The van der Waals surface area contributed by atoms with Crippen molar-refractivity contribution in [1.29, 1.82) is 0 Å². The summed E-state index contributed by atoms with van der Waals surface area (Å²) in [5.74, 6) is 0. The lowest BCUT2D eigenvalue weighted by Crippen LogP contribution is -2.12. The van der Waals surface area contributed by atoms with Crippen molar-refractivity contribution in [2.45, 2.75) is 18.4 Å². The molecule has 5 nitrogen and oxygen atoms in total. The van der Waals surface area contributed by atoms with Gasteiger partial charge in [0.05, 0.1) is 16.9 Å². The maximum atomic E-state index is 12.1. The van der Waals surface area contributed by atoms with Crippen molar-refractivity contribution in [1.82, 2.24) is 9.78 Å². The molecule has 0 saturated heterocycles. The number of nitrogens with zero attached hydrogens (tertiary/aromatic N) is 2. The standard InChI is InChI=1S/C11H11BrClN3O2S/c1-2-16-7-9(6-14-16)19(17,18)15-8-3-4-10(12)11(13)5-8/h3-7,15H,2H2,1H3. The van der Waals surface area contributed by atoms with Gasteiger partial charge in [0.25, 0.3) is 10.0 Å². The van der Waals surface area contributed by atoms with Gasteiger partial charge in [-0.1, -0.05) is 11.6 Å². The smallest absolute Gasteiger partial charge is 0.265 e. The fourth-order valence-electron chi connectivity index (χ4n) is 1.43. The molecule has 1 heterocycles. The van der Waals surface area contributed by atoms with Gasteiger partial charge < -0.3 is 0 Å². The monoisotopic (exact) mass is 363 g/mol. The van der Waals surface area contributed by atoms with E-state index in [0.717, 1.165) is 0 Å².